The van der Waals surface area contributed by atoms with E-state index in [2.05, 4.69) is 15.3 Å². The molecule has 1 aromatic carbocycles. The maximum absolute atomic E-state index is 13.4. The Balaban J connectivity index is 2.11. The normalized spacial score (nSPS) is 10.4. The first kappa shape index (κ1) is 12.8. The van der Waals surface area contributed by atoms with Crippen molar-refractivity contribution in [3.05, 3.63) is 47.7 Å². The molecule has 2 rings (SSSR count). The number of benzene rings is 1. The second-order valence-corrected chi connectivity index (χ2v) is 4.26. The summed E-state index contributed by atoms with van der Waals surface area (Å²) in [5, 5.41) is 3.48. The molecule has 0 saturated carbocycles. The summed E-state index contributed by atoms with van der Waals surface area (Å²) in [6, 6.07) is 5.45. The number of hydrogen-bond donors (Lipinski definition) is 1. The third-order valence-electron chi connectivity index (χ3n) is 2.32. The van der Waals surface area contributed by atoms with Gasteiger partial charge in [-0.2, -0.15) is 0 Å². The molecule has 0 aliphatic rings. The van der Waals surface area contributed by atoms with Crippen LogP contribution in [0.4, 0.5) is 14.6 Å². The molecule has 2 aromatic rings. The van der Waals surface area contributed by atoms with E-state index in [1.807, 2.05) is 6.26 Å². The molecule has 1 N–H and O–H groups in total. The first-order valence-electron chi connectivity index (χ1n) is 5.24. The molecule has 0 radical (unpaired) electrons. The van der Waals surface area contributed by atoms with Gasteiger partial charge in [0.1, 0.15) is 17.5 Å². The quantitative estimate of drug-likeness (QED) is 0.682. The second kappa shape index (κ2) is 5.77. The van der Waals surface area contributed by atoms with Crippen LogP contribution in [0.25, 0.3) is 0 Å². The molecule has 1 aromatic heterocycles. The van der Waals surface area contributed by atoms with Crippen LogP contribution in [-0.4, -0.2) is 16.2 Å². The van der Waals surface area contributed by atoms with Crippen LogP contribution in [0, 0.1) is 11.6 Å². The van der Waals surface area contributed by atoms with E-state index in [9.17, 15) is 8.78 Å². The van der Waals surface area contributed by atoms with Crippen LogP contribution in [-0.2, 0) is 6.54 Å². The number of nitrogens with zero attached hydrogens (tertiary/aromatic N) is 2. The molecule has 6 heteroatoms. The summed E-state index contributed by atoms with van der Waals surface area (Å²) < 4.78 is 26.8. The fourth-order valence-electron chi connectivity index (χ4n) is 1.42. The van der Waals surface area contributed by atoms with Gasteiger partial charge >= 0.3 is 0 Å². The van der Waals surface area contributed by atoms with Crippen LogP contribution in [0.1, 0.15) is 5.56 Å². The van der Waals surface area contributed by atoms with E-state index in [1.54, 1.807) is 12.3 Å². The summed E-state index contributed by atoms with van der Waals surface area (Å²) in [5.74, 6) is -0.597. The SMILES string of the molecule is CSc1nccc(NCc2c(F)cccc2F)n1. The fourth-order valence-corrected chi connectivity index (χ4v) is 1.77. The van der Waals surface area contributed by atoms with E-state index in [1.165, 1.54) is 30.0 Å². The van der Waals surface area contributed by atoms with E-state index >= 15 is 0 Å². The Hall–Kier alpha value is -1.69. The number of halogens is 2. The molecule has 0 saturated heterocycles. The van der Waals surface area contributed by atoms with Gasteiger partial charge in [0.15, 0.2) is 5.16 Å². The van der Waals surface area contributed by atoms with Crippen molar-refractivity contribution >= 4 is 17.6 Å². The highest BCUT2D eigenvalue weighted by Gasteiger charge is 2.08. The average Bonchev–Trinajstić information content (AvgIpc) is 2.38. The molecular weight excluding hydrogens is 256 g/mol. The highest BCUT2D eigenvalue weighted by Crippen LogP contribution is 2.15. The predicted molar refractivity (Wildman–Crippen MR) is 67.5 cm³/mol. The molecule has 1 heterocycles. The number of hydrogen-bond acceptors (Lipinski definition) is 4. The van der Waals surface area contributed by atoms with Gasteiger partial charge in [0.25, 0.3) is 0 Å². The zero-order valence-corrected chi connectivity index (χ0v) is 10.5. The minimum atomic E-state index is -0.568. The maximum Gasteiger partial charge on any atom is 0.189 e. The van der Waals surface area contributed by atoms with Gasteiger partial charge in [-0.15, -0.1) is 0 Å². The van der Waals surface area contributed by atoms with Gasteiger partial charge < -0.3 is 5.32 Å². The number of thioether (sulfide) groups is 1. The van der Waals surface area contributed by atoms with Gasteiger partial charge in [0.05, 0.1) is 0 Å². The molecule has 0 amide bonds. The van der Waals surface area contributed by atoms with Crippen LogP contribution in [0.2, 0.25) is 0 Å². The smallest absolute Gasteiger partial charge is 0.189 e. The zero-order valence-electron chi connectivity index (χ0n) is 9.65. The summed E-state index contributed by atoms with van der Waals surface area (Å²) in [6.45, 7) is 0.0450. The molecule has 0 aliphatic carbocycles. The van der Waals surface area contributed by atoms with Gasteiger partial charge in [0.2, 0.25) is 0 Å². The molecular formula is C12H11F2N3S. The topological polar surface area (TPSA) is 37.8 Å². The van der Waals surface area contributed by atoms with Crippen LogP contribution in [0.15, 0.2) is 35.6 Å². The lowest BCUT2D eigenvalue weighted by atomic mass is 10.2. The lowest BCUT2D eigenvalue weighted by molar-refractivity contribution is 0.560. The van der Waals surface area contributed by atoms with Crippen LogP contribution in [0.5, 0.6) is 0 Å². The molecule has 0 aliphatic heterocycles. The highest BCUT2D eigenvalue weighted by molar-refractivity contribution is 7.98. The largest absolute Gasteiger partial charge is 0.366 e. The number of nitrogens with one attached hydrogen (secondary N) is 1. The van der Waals surface area contributed by atoms with E-state index < -0.39 is 11.6 Å². The molecule has 0 fully saturated rings. The minimum Gasteiger partial charge on any atom is -0.366 e. The van der Waals surface area contributed by atoms with Crippen molar-refractivity contribution in [1.29, 1.82) is 0 Å². The Kier molecular flexibility index (Phi) is 4.09. The van der Waals surface area contributed by atoms with Gasteiger partial charge in [-0.25, -0.2) is 18.7 Å². The molecule has 94 valence electrons. The molecule has 0 unspecified atom stereocenters. The van der Waals surface area contributed by atoms with Gasteiger partial charge in [0, 0.05) is 18.3 Å². The average molecular weight is 267 g/mol. The maximum atomic E-state index is 13.4. The van der Waals surface area contributed by atoms with Gasteiger partial charge in [-0.05, 0) is 24.5 Å². The number of anilines is 1. The molecule has 18 heavy (non-hydrogen) atoms. The Labute approximate surface area is 108 Å². The zero-order chi connectivity index (χ0) is 13.0. The van der Waals surface area contributed by atoms with Crippen molar-refractivity contribution < 1.29 is 8.78 Å². The Morgan fingerprint density at radius 1 is 1.22 bits per heavy atom. The highest BCUT2D eigenvalue weighted by atomic mass is 32.2. The number of aromatic nitrogens is 2. The van der Waals surface area contributed by atoms with Crippen molar-refractivity contribution in [2.45, 2.75) is 11.7 Å². The van der Waals surface area contributed by atoms with Gasteiger partial charge in [-0.3, -0.25) is 0 Å². The summed E-state index contributed by atoms with van der Waals surface area (Å²) in [7, 11) is 0. The summed E-state index contributed by atoms with van der Waals surface area (Å²) in [5.41, 5.74) is 0.00168. The summed E-state index contributed by atoms with van der Waals surface area (Å²) >= 11 is 1.40. The van der Waals surface area contributed by atoms with Crippen LogP contribution >= 0.6 is 11.8 Å². The lowest BCUT2D eigenvalue weighted by Crippen LogP contribution is -2.06. The molecule has 0 bridgehead atoms. The standard InChI is InChI=1S/C12H11F2N3S/c1-18-12-15-6-5-11(17-12)16-7-8-9(13)3-2-4-10(8)14/h2-6H,7H2,1H3,(H,15,16,17). The summed E-state index contributed by atoms with van der Waals surface area (Å²) in [4.78, 5) is 8.17. The Morgan fingerprint density at radius 2 is 1.94 bits per heavy atom. The van der Waals surface area contributed by atoms with Crippen LogP contribution in [0.3, 0.4) is 0 Å². The first-order chi connectivity index (χ1) is 8.70. The minimum absolute atomic E-state index is 0.00168. The van der Waals surface area contributed by atoms with Gasteiger partial charge in [-0.1, -0.05) is 17.8 Å². The predicted octanol–water partition coefficient (Wildman–Crippen LogP) is 3.09. The lowest BCUT2D eigenvalue weighted by Gasteiger charge is -2.08. The van der Waals surface area contributed by atoms with Crippen molar-refractivity contribution in [3.8, 4) is 0 Å². The van der Waals surface area contributed by atoms with E-state index in [0.717, 1.165) is 0 Å². The van der Waals surface area contributed by atoms with E-state index in [4.69, 9.17) is 0 Å². The second-order valence-electron chi connectivity index (χ2n) is 3.48. The summed E-state index contributed by atoms with van der Waals surface area (Å²) in [6.07, 6.45) is 3.45. The first-order valence-corrected chi connectivity index (χ1v) is 6.47. The van der Waals surface area contributed by atoms with Crippen molar-refractivity contribution in [2.24, 2.45) is 0 Å². The third kappa shape index (κ3) is 2.95. The van der Waals surface area contributed by atoms with E-state index in [-0.39, 0.29) is 12.1 Å². The van der Waals surface area contributed by atoms with Crippen molar-refractivity contribution in [2.75, 3.05) is 11.6 Å². The Morgan fingerprint density at radius 3 is 2.61 bits per heavy atom. The van der Waals surface area contributed by atoms with Crippen molar-refractivity contribution in [1.82, 2.24) is 9.97 Å². The monoisotopic (exact) mass is 267 g/mol. The van der Waals surface area contributed by atoms with Crippen LogP contribution < -0.4 is 5.32 Å². The van der Waals surface area contributed by atoms with E-state index in [0.29, 0.717) is 11.0 Å². The number of rotatable bonds is 4. The third-order valence-corrected chi connectivity index (χ3v) is 2.89. The Bertz CT molecular complexity index is 528. The van der Waals surface area contributed by atoms with Crippen molar-refractivity contribution in [3.63, 3.8) is 0 Å². The molecule has 0 atom stereocenters. The molecule has 3 nitrogen and oxygen atoms in total. The fraction of sp³-hybridized carbons (Fsp3) is 0.167. The molecule has 0 spiro atoms.